The lowest BCUT2D eigenvalue weighted by Gasteiger charge is -2.37. The van der Waals surface area contributed by atoms with Gasteiger partial charge in [0.15, 0.2) is 11.6 Å². The molecule has 4 aromatic rings. The third-order valence-electron chi connectivity index (χ3n) is 5.88. The van der Waals surface area contributed by atoms with Crippen LogP contribution < -0.4 is 15.5 Å². The van der Waals surface area contributed by atoms with Gasteiger partial charge in [-0.1, -0.05) is 11.6 Å². The highest BCUT2D eigenvalue weighted by Crippen LogP contribution is 2.37. The Kier molecular flexibility index (Phi) is 5.25. The van der Waals surface area contributed by atoms with Crippen LogP contribution in [-0.4, -0.2) is 50.6 Å². The van der Waals surface area contributed by atoms with Crippen molar-refractivity contribution >= 4 is 56.5 Å². The predicted octanol–water partition coefficient (Wildman–Crippen LogP) is 4.31. The minimum atomic E-state index is -0.443. The molecule has 10 heteroatoms. The Labute approximate surface area is 195 Å². The van der Waals surface area contributed by atoms with Gasteiger partial charge in [-0.3, -0.25) is 9.48 Å². The third kappa shape index (κ3) is 3.91. The molecule has 0 amide bonds. The first kappa shape index (κ1) is 21.7. The molecule has 2 aromatic carbocycles. The second kappa shape index (κ2) is 8.00. The Morgan fingerprint density at radius 2 is 1.91 bits per heavy atom. The number of rotatable bonds is 3. The SMILES string of the molecule is CC(=O)n1nc(Nc2cc(F)c3nn(C)cc3c2)c2c(Cl)cc(N3C[C@@H](C)N[C@@H](C)C3)cc21. The number of halogens is 2. The second-order valence-electron chi connectivity index (χ2n) is 8.80. The first-order chi connectivity index (χ1) is 15.7. The predicted molar refractivity (Wildman–Crippen MR) is 129 cm³/mol. The van der Waals surface area contributed by atoms with Gasteiger partial charge in [0.2, 0.25) is 5.91 Å². The van der Waals surface area contributed by atoms with E-state index < -0.39 is 5.82 Å². The number of carbonyl (C=O) groups excluding carboxylic acids is 1. The van der Waals surface area contributed by atoms with Crippen LogP contribution in [0.4, 0.5) is 21.6 Å². The quantitative estimate of drug-likeness (QED) is 0.465. The van der Waals surface area contributed by atoms with Crippen molar-refractivity contribution in [3.05, 3.63) is 41.3 Å². The van der Waals surface area contributed by atoms with Gasteiger partial charge >= 0.3 is 0 Å². The topological polar surface area (TPSA) is 80.0 Å². The highest BCUT2D eigenvalue weighted by atomic mass is 35.5. The molecule has 0 unspecified atom stereocenters. The number of nitrogens with one attached hydrogen (secondary N) is 2. The molecule has 33 heavy (non-hydrogen) atoms. The van der Waals surface area contributed by atoms with E-state index in [2.05, 4.69) is 39.6 Å². The van der Waals surface area contributed by atoms with Crippen LogP contribution in [0.5, 0.6) is 0 Å². The summed E-state index contributed by atoms with van der Waals surface area (Å²) in [4.78, 5) is 14.7. The molecule has 0 radical (unpaired) electrons. The van der Waals surface area contributed by atoms with Crippen molar-refractivity contribution in [2.45, 2.75) is 32.9 Å². The first-order valence-corrected chi connectivity index (χ1v) is 11.2. The number of anilines is 3. The van der Waals surface area contributed by atoms with E-state index in [1.165, 1.54) is 17.7 Å². The Bertz CT molecular complexity index is 1380. The number of benzene rings is 2. The van der Waals surface area contributed by atoms with Gasteiger partial charge in [0.25, 0.3) is 0 Å². The summed E-state index contributed by atoms with van der Waals surface area (Å²) in [5.41, 5.74) is 2.33. The first-order valence-electron chi connectivity index (χ1n) is 10.8. The van der Waals surface area contributed by atoms with E-state index in [9.17, 15) is 9.18 Å². The summed E-state index contributed by atoms with van der Waals surface area (Å²) in [6.45, 7) is 7.39. The minimum absolute atomic E-state index is 0.239. The van der Waals surface area contributed by atoms with Crippen LogP contribution in [-0.2, 0) is 7.05 Å². The Morgan fingerprint density at radius 3 is 2.61 bits per heavy atom. The second-order valence-corrected chi connectivity index (χ2v) is 9.21. The number of aryl methyl sites for hydroxylation is 1. The summed E-state index contributed by atoms with van der Waals surface area (Å²) in [5.74, 6) is -0.292. The van der Waals surface area contributed by atoms with Gasteiger partial charge in [0.1, 0.15) is 5.52 Å². The lowest BCUT2D eigenvalue weighted by molar-refractivity contribution is 0.0927. The van der Waals surface area contributed by atoms with E-state index in [-0.39, 0.29) is 5.91 Å². The summed E-state index contributed by atoms with van der Waals surface area (Å²) >= 11 is 6.74. The van der Waals surface area contributed by atoms with E-state index in [0.717, 1.165) is 18.8 Å². The number of hydrogen-bond acceptors (Lipinski definition) is 6. The summed E-state index contributed by atoms with van der Waals surface area (Å²) in [6, 6.07) is 7.65. The van der Waals surface area contributed by atoms with Crippen molar-refractivity contribution in [1.82, 2.24) is 24.9 Å². The van der Waals surface area contributed by atoms with Crippen LogP contribution in [0.1, 0.15) is 25.6 Å². The lowest BCUT2D eigenvalue weighted by atomic mass is 10.1. The van der Waals surface area contributed by atoms with Gasteiger partial charge in [-0.2, -0.15) is 9.78 Å². The molecule has 1 saturated heterocycles. The molecule has 1 aliphatic rings. The van der Waals surface area contributed by atoms with Gasteiger partial charge in [0.05, 0.1) is 15.9 Å². The average Bonchev–Trinajstić information content (AvgIpc) is 3.28. The van der Waals surface area contributed by atoms with Gasteiger partial charge < -0.3 is 15.5 Å². The summed E-state index contributed by atoms with van der Waals surface area (Å²) in [6.07, 6.45) is 1.74. The van der Waals surface area contributed by atoms with Gasteiger partial charge in [0, 0.05) is 62.1 Å². The minimum Gasteiger partial charge on any atom is -0.368 e. The average molecular weight is 470 g/mol. The Balaban J connectivity index is 1.59. The molecule has 3 heterocycles. The smallest absolute Gasteiger partial charge is 0.244 e. The summed E-state index contributed by atoms with van der Waals surface area (Å²) < 4.78 is 17.5. The lowest BCUT2D eigenvalue weighted by Crippen LogP contribution is -2.54. The number of fused-ring (bicyclic) bond motifs is 2. The Hall–Kier alpha value is -3.17. The maximum Gasteiger partial charge on any atom is 0.244 e. The maximum atomic E-state index is 14.6. The van der Waals surface area contributed by atoms with Crippen LogP contribution in [0.15, 0.2) is 30.5 Å². The van der Waals surface area contributed by atoms with E-state index in [1.54, 1.807) is 24.0 Å². The normalized spacial score (nSPS) is 18.9. The molecule has 2 atom stereocenters. The van der Waals surface area contributed by atoms with E-state index >= 15 is 0 Å². The summed E-state index contributed by atoms with van der Waals surface area (Å²) in [7, 11) is 1.74. The van der Waals surface area contributed by atoms with Crippen molar-refractivity contribution in [2.75, 3.05) is 23.3 Å². The monoisotopic (exact) mass is 469 g/mol. The molecule has 0 aliphatic carbocycles. The van der Waals surface area contributed by atoms with E-state index in [4.69, 9.17) is 11.6 Å². The van der Waals surface area contributed by atoms with Crippen LogP contribution in [0.3, 0.4) is 0 Å². The molecule has 1 fully saturated rings. The molecule has 2 N–H and O–H groups in total. The van der Waals surface area contributed by atoms with Crippen LogP contribution >= 0.6 is 11.6 Å². The summed E-state index contributed by atoms with van der Waals surface area (Å²) in [5, 5.41) is 17.0. The van der Waals surface area contributed by atoms with Crippen molar-refractivity contribution in [3.8, 4) is 0 Å². The fourth-order valence-electron chi connectivity index (χ4n) is 4.65. The highest BCUT2D eigenvalue weighted by molar-refractivity contribution is 6.37. The van der Waals surface area contributed by atoms with Crippen LogP contribution in [0.25, 0.3) is 21.8 Å². The molecule has 2 aromatic heterocycles. The molecule has 5 rings (SSSR count). The molecule has 0 spiro atoms. The van der Waals surface area contributed by atoms with Crippen molar-refractivity contribution in [2.24, 2.45) is 7.05 Å². The zero-order chi connectivity index (χ0) is 23.4. The maximum absolute atomic E-state index is 14.6. The number of hydrogen-bond donors (Lipinski definition) is 2. The number of piperazine rings is 1. The molecular formula is C23H25ClFN7O. The number of aromatic nitrogens is 4. The third-order valence-corrected chi connectivity index (χ3v) is 6.18. The van der Waals surface area contributed by atoms with Crippen molar-refractivity contribution < 1.29 is 9.18 Å². The van der Waals surface area contributed by atoms with Gasteiger partial charge in [-0.25, -0.2) is 4.39 Å². The molecule has 8 nitrogen and oxygen atoms in total. The van der Waals surface area contributed by atoms with Crippen molar-refractivity contribution in [3.63, 3.8) is 0 Å². The van der Waals surface area contributed by atoms with Crippen LogP contribution in [0, 0.1) is 5.82 Å². The zero-order valence-electron chi connectivity index (χ0n) is 18.9. The largest absolute Gasteiger partial charge is 0.368 e. The molecule has 172 valence electrons. The number of nitrogens with zero attached hydrogens (tertiary/aromatic N) is 5. The molecule has 0 bridgehead atoms. The fraction of sp³-hybridized carbons (Fsp3) is 0.348. The highest BCUT2D eigenvalue weighted by Gasteiger charge is 2.24. The van der Waals surface area contributed by atoms with Gasteiger partial charge in [-0.05, 0) is 38.1 Å². The molecule has 1 aliphatic heterocycles. The zero-order valence-corrected chi connectivity index (χ0v) is 19.6. The van der Waals surface area contributed by atoms with E-state index in [0.29, 0.717) is 50.4 Å². The van der Waals surface area contributed by atoms with Crippen molar-refractivity contribution in [1.29, 1.82) is 0 Å². The Morgan fingerprint density at radius 1 is 1.18 bits per heavy atom. The van der Waals surface area contributed by atoms with E-state index in [1.807, 2.05) is 12.1 Å². The fourth-order valence-corrected chi connectivity index (χ4v) is 4.95. The van der Waals surface area contributed by atoms with Crippen LogP contribution in [0.2, 0.25) is 5.02 Å². The molecule has 0 saturated carbocycles. The molecular weight excluding hydrogens is 445 g/mol. The standard InChI is InChI=1S/C23H25ClFN7O/c1-12-9-31(10-13(2)26-12)17-7-18(24)21-20(8-17)32(14(3)33)29-23(21)27-16-5-15-11-30(4)28-22(15)19(25)6-16/h5-8,11-13,26H,9-10H2,1-4H3,(H,27,29)/t12-,13+. The number of carbonyl (C=O) groups is 1. The van der Waals surface area contributed by atoms with Gasteiger partial charge in [-0.15, -0.1) is 5.10 Å².